The summed E-state index contributed by atoms with van der Waals surface area (Å²) in [5.74, 6) is -3.10. The van der Waals surface area contributed by atoms with E-state index in [1.165, 1.54) is 21.4 Å². The number of carbonyl (C=O) groups is 1. The van der Waals surface area contributed by atoms with E-state index in [0.29, 0.717) is 38.1 Å². The van der Waals surface area contributed by atoms with Crippen LogP contribution in [0.1, 0.15) is 30.3 Å². The number of alkyl halides is 2. The Kier molecular flexibility index (Phi) is 4.32. The maximum Gasteiger partial charge on any atom is 0.346 e. The van der Waals surface area contributed by atoms with Gasteiger partial charge in [-0.3, -0.25) is 9.36 Å². The van der Waals surface area contributed by atoms with Gasteiger partial charge in [-0.2, -0.15) is 5.10 Å². The van der Waals surface area contributed by atoms with Crippen LogP contribution in [0.4, 0.5) is 13.2 Å². The van der Waals surface area contributed by atoms with Crippen molar-refractivity contribution < 1.29 is 18.0 Å². The highest BCUT2D eigenvalue weighted by Crippen LogP contribution is 2.31. The van der Waals surface area contributed by atoms with Gasteiger partial charge < -0.3 is 4.90 Å². The molecule has 0 radical (unpaired) electrons. The van der Waals surface area contributed by atoms with E-state index in [9.17, 15) is 22.8 Å². The van der Waals surface area contributed by atoms with Crippen LogP contribution < -0.4 is 5.69 Å². The van der Waals surface area contributed by atoms with E-state index in [1.807, 2.05) is 0 Å². The second kappa shape index (κ2) is 6.54. The lowest BCUT2D eigenvalue weighted by atomic mass is 10.0. The van der Waals surface area contributed by atoms with Crippen molar-refractivity contribution in [1.82, 2.24) is 19.2 Å². The van der Waals surface area contributed by atoms with Crippen LogP contribution in [0.3, 0.4) is 0 Å². The Balaban J connectivity index is 1.52. The van der Waals surface area contributed by atoms with Crippen molar-refractivity contribution >= 4 is 5.91 Å². The quantitative estimate of drug-likeness (QED) is 0.813. The number of hydrogen-bond acceptors (Lipinski definition) is 3. The van der Waals surface area contributed by atoms with Gasteiger partial charge >= 0.3 is 5.69 Å². The fourth-order valence-electron chi connectivity index (χ4n) is 3.68. The highest BCUT2D eigenvalue weighted by molar-refractivity contribution is 5.81. The Bertz CT molecular complexity index is 912. The fourth-order valence-corrected chi connectivity index (χ4v) is 3.68. The summed E-state index contributed by atoms with van der Waals surface area (Å²) in [6.45, 7) is -0.886. The molecule has 0 N–H and O–H groups in total. The molecule has 1 aromatic heterocycles. The number of likely N-dealkylation sites (tertiary alicyclic amines) is 1. The van der Waals surface area contributed by atoms with Crippen LogP contribution in [0.15, 0.2) is 29.1 Å². The van der Waals surface area contributed by atoms with E-state index in [0.717, 1.165) is 10.5 Å². The molecule has 144 valence electrons. The topological polar surface area (TPSA) is 60.1 Å². The second-order valence-corrected chi connectivity index (χ2v) is 7.13. The van der Waals surface area contributed by atoms with Crippen molar-refractivity contribution in [2.45, 2.75) is 44.2 Å². The SMILES string of the molecule is O=C(C1CCCc2nn(CCc3ccc(F)cc3)c(=O)n21)N1CC(F)(F)C1. The number of carbonyl (C=O) groups excluding carboxylic acids is 1. The third-order valence-electron chi connectivity index (χ3n) is 5.10. The molecule has 3 heterocycles. The van der Waals surface area contributed by atoms with Gasteiger partial charge in [-0.15, -0.1) is 0 Å². The Morgan fingerprint density at radius 1 is 1.22 bits per heavy atom. The Hall–Kier alpha value is -2.58. The van der Waals surface area contributed by atoms with Gasteiger partial charge in [-0.25, -0.2) is 22.6 Å². The minimum Gasteiger partial charge on any atom is -0.329 e. The lowest BCUT2D eigenvalue weighted by Gasteiger charge is -2.41. The summed E-state index contributed by atoms with van der Waals surface area (Å²) >= 11 is 0. The van der Waals surface area contributed by atoms with Crippen LogP contribution >= 0.6 is 0 Å². The predicted octanol–water partition coefficient (Wildman–Crippen LogP) is 1.78. The van der Waals surface area contributed by atoms with Gasteiger partial charge in [0.1, 0.15) is 17.7 Å². The summed E-state index contributed by atoms with van der Waals surface area (Å²) in [6, 6.07) is 5.23. The minimum absolute atomic E-state index is 0.299. The monoisotopic (exact) mass is 380 g/mol. The number of fused-ring (bicyclic) bond motifs is 1. The molecule has 1 saturated heterocycles. The molecular weight excluding hydrogens is 361 g/mol. The van der Waals surface area contributed by atoms with Gasteiger partial charge in [-0.1, -0.05) is 12.1 Å². The van der Waals surface area contributed by atoms with Gasteiger partial charge in [0.25, 0.3) is 5.92 Å². The summed E-state index contributed by atoms with van der Waals surface area (Å²) < 4.78 is 41.8. The number of aromatic nitrogens is 3. The van der Waals surface area contributed by atoms with Gasteiger partial charge in [0.2, 0.25) is 5.91 Å². The Morgan fingerprint density at radius 2 is 1.93 bits per heavy atom. The van der Waals surface area contributed by atoms with Gasteiger partial charge in [-0.05, 0) is 37.0 Å². The lowest BCUT2D eigenvalue weighted by molar-refractivity contribution is -0.169. The minimum atomic E-state index is -2.84. The molecule has 27 heavy (non-hydrogen) atoms. The molecule has 1 atom stereocenters. The first-order valence-corrected chi connectivity index (χ1v) is 8.93. The first-order chi connectivity index (χ1) is 12.8. The van der Waals surface area contributed by atoms with Crippen LogP contribution in [-0.4, -0.2) is 44.2 Å². The molecule has 1 unspecified atom stereocenters. The molecule has 0 saturated carbocycles. The Labute approximate surface area is 153 Å². The number of aryl methyl sites for hydroxylation is 3. The maximum absolute atomic E-state index is 13.1. The average molecular weight is 380 g/mol. The van der Waals surface area contributed by atoms with E-state index in [4.69, 9.17) is 0 Å². The fraction of sp³-hybridized carbons (Fsp3) is 0.500. The second-order valence-electron chi connectivity index (χ2n) is 7.13. The van der Waals surface area contributed by atoms with Gasteiger partial charge in [0.05, 0.1) is 19.6 Å². The van der Waals surface area contributed by atoms with Crippen molar-refractivity contribution in [1.29, 1.82) is 0 Å². The number of benzene rings is 1. The maximum atomic E-state index is 13.1. The van der Waals surface area contributed by atoms with E-state index >= 15 is 0 Å². The highest BCUT2D eigenvalue weighted by atomic mass is 19.3. The number of nitrogens with zero attached hydrogens (tertiary/aromatic N) is 4. The van der Waals surface area contributed by atoms with E-state index in [-0.39, 0.29) is 5.82 Å². The van der Waals surface area contributed by atoms with Crippen molar-refractivity contribution in [3.05, 3.63) is 52.0 Å². The summed E-state index contributed by atoms with van der Waals surface area (Å²) in [4.78, 5) is 26.4. The molecule has 0 bridgehead atoms. The number of halogens is 3. The predicted molar refractivity (Wildman–Crippen MR) is 90.1 cm³/mol. The smallest absolute Gasteiger partial charge is 0.329 e. The van der Waals surface area contributed by atoms with Crippen LogP contribution in [0.2, 0.25) is 0 Å². The molecule has 0 spiro atoms. The zero-order valence-electron chi connectivity index (χ0n) is 14.6. The summed E-state index contributed by atoms with van der Waals surface area (Å²) in [6.07, 6.45) is 2.18. The zero-order valence-corrected chi connectivity index (χ0v) is 14.6. The molecule has 1 amide bonds. The summed E-state index contributed by atoms with van der Waals surface area (Å²) in [5, 5.41) is 4.32. The normalized spacial score (nSPS) is 20.9. The van der Waals surface area contributed by atoms with Crippen LogP contribution in [-0.2, 0) is 24.2 Å². The molecule has 2 aromatic rings. The lowest BCUT2D eigenvalue weighted by Crippen LogP contribution is -2.60. The van der Waals surface area contributed by atoms with Crippen LogP contribution in [0.5, 0.6) is 0 Å². The molecule has 0 aliphatic carbocycles. The third-order valence-corrected chi connectivity index (χ3v) is 5.10. The van der Waals surface area contributed by atoms with Crippen molar-refractivity contribution in [2.24, 2.45) is 0 Å². The molecular formula is C18H19F3N4O2. The number of hydrogen-bond donors (Lipinski definition) is 0. The van der Waals surface area contributed by atoms with Crippen molar-refractivity contribution in [3.8, 4) is 0 Å². The Morgan fingerprint density at radius 3 is 2.59 bits per heavy atom. The first kappa shape index (κ1) is 17.8. The van der Waals surface area contributed by atoms with E-state index in [2.05, 4.69) is 5.10 Å². The summed E-state index contributed by atoms with van der Waals surface area (Å²) in [5.41, 5.74) is 0.460. The molecule has 4 rings (SSSR count). The molecule has 2 aliphatic heterocycles. The van der Waals surface area contributed by atoms with Crippen molar-refractivity contribution in [3.63, 3.8) is 0 Å². The largest absolute Gasteiger partial charge is 0.346 e. The number of rotatable bonds is 4. The van der Waals surface area contributed by atoms with E-state index < -0.39 is 36.7 Å². The van der Waals surface area contributed by atoms with Crippen LogP contribution in [0.25, 0.3) is 0 Å². The number of amides is 1. The molecule has 2 aliphatic rings. The van der Waals surface area contributed by atoms with Gasteiger partial charge in [0, 0.05) is 6.42 Å². The van der Waals surface area contributed by atoms with Gasteiger partial charge in [0.15, 0.2) is 0 Å². The zero-order chi connectivity index (χ0) is 19.2. The third kappa shape index (κ3) is 3.38. The molecule has 9 heteroatoms. The van der Waals surface area contributed by atoms with Crippen LogP contribution in [0, 0.1) is 5.82 Å². The molecule has 1 aromatic carbocycles. The average Bonchev–Trinajstić information content (AvgIpc) is 2.95. The molecule has 6 nitrogen and oxygen atoms in total. The molecule has 1 fully saturated rings. The van der Waals surface area contributed by atoms with E-state index in [1.54, 1.807) is 12.1 Å². The highest BCUT2D eigenvalue weighted by Gasteiger charge is 2.48. The van der Waals surface area contributed by atoms with Crippen molar-refractivity contribution in [2.75, 3.05) is 13.1 Å². The summed E-state index contributed by atoms with van der Waals surface area (Å²) in [7, 11) is 0. The first-order valence-electron chi connectivity index (χ1n) is 8.93. The standard InChI is InChI=1S/C18H19F3N4O2/c19-13-6-4-12(5-7-13)8-9-24-17(27)25-14(2-1-3-15(25)22-24)16(26)23-10-18(20,21)11-23/h4-7,14H,1-3,8-11H2.